The number of nitrogens with zero attached hydrogens (tertiary/aromatic N) is 1. The molecule has 0 radical (unpaired) electrons. The molecular formula is C24H26N2O6. The summed E-state index contributed by atoms with van der Waals surface area (Å²) in [5.41, 5.74) is 2.65. The third-order valence-electron chi connectivity index (χ3n) is 6.24. The van der Waals surface area contributed by atoms with Gasteiger partial charge in [-0.2, -0.15) is 0 Å². The molecule has 8 nitrogen and oxygen atoms in total. The van der Waals surface area contributed by atoms with Crippen molar-refractivity contribution in [2.75, 3.05) is 19.7 Å². The van der Waals surface area contributed by atoms with Crippen molar-refractivity contribution in [2.45, 2.75) is 37.3 Å². The zero-order chi connectivity index (χ0) is 22.9. The fourth-order valence-electron chi connectivity index (χ4n) is 4.34. The molecule has 0 saturated carbocycles. The molecule has 32 heavy (non-hydrogen) atoms. The van der Waals surface area contributed by atoms with Crippen LogP contribution in [0.5, 0.6) is 0 Å². The Labute approximate surface area is 185 Å². The predicted octanol–water partition coefficient (Wildman–Crippen LogP) is 2.35. The fraction of sp³-hybridized carbons (Fsp3) is 0.375. The van der Waals surface area contributed by atoms with Gasteiger partial charge in [0.25, 0.3) is 0 Å². The summed E-state index contributed by atoms with van der Waals surface area (Å²) < 4.78 is 5.53. The number of likely N-dealkylation sites (tertiary alicyclic amines) is 1. The van der Waals surface area contributed by atoms with Crippen molar-refractivity contribution >= 4 is 18.0 Å². The number of amides is 2. The van der Waals surface area contributed by atoms with Gasteiger partial charge >= 0.3 is 12.1 Å². The molecule has 4 rings (SSSR count). The van der Waals surface area contributed by atoms with Gasteiger partial charge in [0.15, 0.2) is 5.60 Å². The zero-order valence-electron chi connectivity index (χ0n) is 17.8. The maximum atomic E-state index is 12.4. The maximum absolute atomic E-state index is 12.4. The molecule has 2 aromatic carbocycles. The first-order valence-corrected chi connectivity index (χ1v) is 10.7. The van der Waals surface area contributed by atoms with E-state index in [-0.39, 0.29) is 37.9 Å². The molecule has 2 aliphatic rings. The Bertz CT molecular complexity index is 1000. The molecular weight excluding hydrogens is 412 g/mol. The average molecular weight is 438 g/mol. The highest BCUT2D eigenvalue weighted by molar-refractivity contribution is 5.85. The van der Waals surface area contributed by atoms with Gasteiger partial charge in [0.1, 0.15) is 6.61 Å². The second-order valence-corrected chi connectivity index (χ2v) is 8.37. The van der Waals surface area contributed by atoms with Gasteiger partial charge in [-0.3, -0.25) is 4.79 Å². The van der Waals surface area contributed by atoms with Crippen molar-refractivity contribution in [3.05, 3.63) is 59.7 Å². The highest BCUT2D eigenvalue weighted by Crippen LogP contribution is 2.44. The summed E-state index contributed by atoms with van der Waals surface area (Å²) in [6.45, 7) is 1.53. The number of benzene rings is 2. The van der Waals surface area contributed by atoms with Gasteiger partial charge in [-0.05, 0) is 28.7 Å². The van der Waals surface area contributed by atoms with E-state index >= 15 is 0 Å². The van der Waals surface area contributed by atoms with E-state index in [2.05, 4.69) is 17.4 Å². The van der Waals surface area contributed by atoms with Crippen molar-refractivity contribution < 1.29 is 29.3 Å². The SMILES string of the molecule is CC[C@@H](CC(=O)N1CC(O)(C(=O)O)C1)NC(=O)OCC1c2ccccc2-c2ccccc21. The van der Waals surface area contributed by atoms with Crippen LogP contribution in [0.25, 0.3) is 11.1 Å². The third-order valence-corrected chi connectivity index (χ3v) is 6.24. The van der Waals surface area contributed by atoms with E-state index in [4.69, 9.17) is 9.84 Å². The Morgan fingerprint density at radius 2 is 1.66 bits per heavy atom. The quantitative estimate of drug-likeness (QED) is 0.611. The Hall–Kier alpha value is -3.39. The normalized spacial score (nSPS) is 17.0. The molecule has 1 atom stereocenters. The molecule has 0 bridgehead atoms. The number of aliphatic carboxylic acids is 1. The summed E-state index contributed by atoms with van der Waals surface area (Å²) >= 11 is 0. The number of rotatable bonds is 7. The Kier molecular flexibility index (Phi) is 5.88. The van der Waals surface area contributed by atoms with Gasteiger partial charge in [0.2, 0.25) is 5.91 Å². The van der Waals surface area contributed by atoms with Crippen LogP contribution in [0.2, 0.25) is 0 Å². The third kappa shape index (κ3) is 4.05. The van der Waals surface area contributed by atoms with Gasteiger partial charge in [0.05, 0.1) is 13.1 Å². The lowest BCUT2D eigenvalue weighted by molar-refractivity contribution is -0.182. The summed E-state index contributed by atoms with van der Waals surface area (Å²) in [7, 11) is 0. The molecule has 0 unspecified atom stereocenters. The maximum Gasteiger partial charge on any atom is 0.407 e. The van der Waals surface area contributed by atoms with Gasteiger partial charge in [-0.25, -0.2) is 9.59 Å². The number of aliphatic hydroxyl groups is 1. The van der Waals surface area contributed by atoms with E-state index < -0.39 is 23.7 Å². The number of alkyl carbamates (subject to hydrolysis) is 1. The lowest BCUT2D eigenvalue weighted by Gasteiger charge is -2.43. The van der Waals surface area contributed by atoms with Crippen molar-refractivity contribution in [2.24, 2.45) is 0 Å². The number of ether oxygens (including phenoxy) is 1. The number of carboxylic acids is 1. The zero-order valence-corrected chi connectivity index (χ0v) is 17.8. The van der Waals surface area contributed by atoms with E-state index in [9.17, 15) is 19.5 Å². The molecule has 168 valence electrons. The minimum atomic E-state index is -1.88. The fourth-order valence-corrected chi connectivity index (χ4v) is 4.34. The summed E-state index contributed by atoms with van der Waals surface area (Å²) in [6, 6.07) is 15.7. The lowest BCUT2D eigenvalue weighted by Crippen LogP contribution is -2.67. The second-order valence-electron chi connectivity index (χ2n) is 8.37. The summed E-state index contributed by atoms with van der Waals surface area (Å²) in [6.07, 6.45) is -0.0826. The molecule has 1 aliphatic carbocycles. The summed E-state index contributed by atoms with van der Waals surface area (Å²) in [4.78, 5) is 37.0. The Balaban J connectivity index is 1.32. The number of hydrogen-bond donors (Lipinski definition) is 3. The molecule has 1 aliphatic heterocycles. The largest absolute Gasteiger partial charge is 0.479 e. The number of carbonyl (C=O) groups excluding carboxylic acids is 2. The minimum Gasteiger partial charge on any atom is -0.479 e. The highest BCUT2D eigenvalue weighted by Gasteiger charge is 2.50. The molecule has 1 saturated heterocycles. The van der Waals surface area contributed by atoms with Crippen LogP contribution in [0.15, 0.2) is 48.5 Å². The second kappa shape index (κ2) is 8.63. The van der Waals surface area contributed by atoms with Gasteiger partial charge < -0.3 is 25.2 Å². The van der Waals surface area contributed by atoms with Crippen LogP contribution in [-0.2, 0) is 14.3 Å². The highest BCUT2D eigenvalue weighted by atomic mass is 16.5. The topological polar surface area (TPSA) is 116 Å². The molecule has 1 fully saturated rings. The van der Waals surface area contributed by atoms with Crippen LogP contribution >= 0.6 is 0 Å². The van der Waals surface area contributed by atoms with E-state index in [1.165, 1.54) is 4.90 Å². The smallest absolute Gasteiger partial charge is 0.407 e. The van der Waals surface area contributed by atoms with Crippen molar-refractivity contribution in [3.63, 3.8) is 0 Å². The van der Waals surface area contributed by atoms with Crippen LogP contribution in [0.1, 0.15) is 36.8 Å². The number of fused-ring (bicyclic) bond motifs is 3. The summed E-state index contributed by atoms with van der Waals surface area (Å²) in [5.74, 6) is -1.71. The number of nitrogens with one attached hydrogen (secondary N) is 1. The Morgan fingerprint density at radius 3 is 2.19 bits per heavy atom. The molecule has 2 amide bonds. The minimum absolute atomic E-state index is 0.0103. The van der Waals surface area contributed by atoms with E-state index in [1.807, 2.05) is 43.3 Å². The molecule has 1 heterocycles. The average Bonchev–Trinajstić information content (AvgIpc) is 3.08. The van der Waals surface area contributed by atoms with E-state index in [0.29, 0.717) is 6.42 Å². The number of β-amino-alcohol motifs (C(OH)–C–C–N with tert-alkyl or cyclic N) is 1. The molecule has 0 aromatic heterocycles. The number of carbonyl (C=O) groups is 3. The molecule has 0 spiro atoms. The molecule has 8 heteroatoms. The van der Waals surface area contributed by atoms with Crippen LogP contribution in [0.4, 0.5) is 4.79 Å². The van der Waals surface area contributed by atoms with Crippen molar-refractivity contribution in [3.8, 4) is 11.1 Å². The van der Waals surface area contributed by atoms with Gasteiger partial charge in [0, 0.05) is 18.4 Å². The van der Waals surface area contributed by atoms with Gasteiger partial charge in [-0.1, -0.05) is 55.5 Å². The van der Waals surface area contributed by atoms with Crippen LogP contribution in [0.3, 0.4) is 0 Å². The van der Waals surface area contributed by atoms with Gasteiger partial charge in [-0.15, -0.1) is 0 Å². The molecule has 2 aromatic rings. The van der Waals surface area contributed by atoms with Crippen LogP contribution < -0.4 is 5.32 Å². The van der Waals surface area contributed by atoms with Crippen LogP contribution in [0, 0.1) is 0 Å². The van der Waals surface area contributed by atoms with E-state index in [0.717, 1.165) is 22.3 Å². The molecule has 3 N–H and O–H groups in total. The standard InChI is InChI=1S/C24H26N2O6/c1-2-15(11-21(27)26-13-24(31,14-26)22(28)29)25-23(30)32-12-20-18-9-5-3-7-16(18)17-8-4-6-10-19(17)20/h3-10,15,20,31H,2,11-14H2,1H3,(H,25,30)(H,28,29)/t15-/m0/s1. The lowest BCUT2D eigenvalue weighted by atomic mass is 9.93. The van der Waals surface area contributed by atoms with Crippen molar-refractivity contribution in [1.29, 1.82) is 0 Å². The number of carboxylic acid groups (broad SMARTS) is 1. The monoisotopic (exact) mass is 438 g/mol. The van der Waals surface area contributed by atoms with E-state index in [1.54, 1.807) is 0 Å². The summed E-state index contributed by atoms with van der Waals surface area (Å²) in [5, 5.41) is 21.5. The first-order valence-electron chi connectivity index (χ1n) is 10.7. The number of hydrogen-bond acceptors (Lipinski definition) is 5. The Morgan fingerprint density at radius 1 is 1.09 bits per heavy atom. The predicted molar refractivity (Wildman–Crippen MR) is 116 cm³/mol. The van der Waals surface area contributed by atoms with Crippen LogP contribution in [-0.4, -0.2) is 64.4 Å². The van der Waals surface area contributed by atoms with Crippen molar-refractivity contribution in [1.82, 2.24) is 10.2 Å². The first kappa shape index (κ1) is 21.8. The first-order chi connectivity index (χ1) is 15.3.